The summed E-state index contributed by atoms with van der Waals surface area (Å²) < 4.78 is 0. The van der Waals surface area contributed by atoms with Gasteiger partial charge in [-0.2, -0.15) is 0 Å². The number of rotatable bonds is 4. The molecular weight excluding hydrogens is 242 g/mol. The van der Waals surface area contributed by atoms with E-state index in [0.717, 1.165) is 24.2 Å². The third-order valence-electron chi connectivity index (χ3n) is 2.67. The van der Waals surface area contributed by atoms with Crippen molar-refractivity contribution in [3.63, 3.8) is 0 Å². The van der Waals surface area contributed by atoms with Crippen molar-refractivity contribution in [3.8, 4) is 0 Å². The van der Waals surface area contributed by atoms with E-state index in [1.54, 1.807) is 6.92 Å². The number of carboxylic acid groups (broad SMARTS) is 1. The van der Waals surface area contributed by atoms with E-state index in [4.69, 9.17) is 10.8 Å². The van der Waals surface area contributed by atoms with Crippen LogP contribution in [0, 0.1) is 12.8 Å². The summed E-state index contributed by atoms with van der Waals surface area (Å²) in [5.74, 6) is -1.34. The second kappa shape index (κ2) is 4.33. The number of carboxylic acids is 1. The van der Waals surface area contributed by atoms with E-state index < -0.39 is 17.9 Å². The number of nitrogens with zero attached hydrogens (tertiary/aromatic N) is 1. The molecule has 0 aliphatic heterocycles. The first-order valence-corrected chi connectivity index (χ1v) is 6.07. The number of nitrogens with two attached hydrogens (primary N) is 1. The van der Waals surface area contributed by atoms with Gasteiger partial charge < -0.3 is 16.2 Å². The minimum atomic E-state index is -0.990. The van der Waals surface area contributed by atoms with Gasteiger partial charge in [0.2, 0.25) is 0 Å². The van der Waals surface area contributed by atoms with Gasteiger partial charge in [0, 0.05) is 0 Å². The molecule has 92 valence electrons. The summed E-state index contributed by atoms with van der Waals surface area (Å²) in [4.78, 5) is 27.2. The summed E-state index contributed by atoms with van der Waals surface area (Å²) in [6.07, 6.45) is 1.70. The Kier molecular flexibility index (Phi) is 3.01. The van der Waals surface area contributed by atoms with Gasteiger partial charge in [-0.05, 0) is 25.7 Å². The number of aryl methyl sites for hydroxylation is 1. The molecule has 1 fully saturated rings. The van der Waals surface area contributed by atoms with E-state index in [9.17, 15) is 9.59 Å². The molecule has 1 aromatic rings. The second-order valence-corrected chi connectivity index (χ2v) is 5.12. The molecule has 1 aromatic heterocycles. The summed E-state index contributed by atoms with van der Waals surface area (Å²) in [5, 5.41) is 11.8. The Morgan fingerprint density at radius 3 is 2.65 bits per heavy atom. The van der Waals surface area contributed by atoms with Crippen LogP contribution in [0.25, 0.3) is 0 Å². The molecule has 1 aliphatic rings. The highest BCUT2D eigenvalue weighted by Gasteiger charge is 2.37. The van der Waals surface area contributed by atoms with Crippen molar-refractivity contribution in [1.82, 2.24) is 10.3 Å². The number of aromatic nitrogens is 1. The number of carbonyl (C=O) groups excluding carboxylic acids is 1. The van der Waals surface area contributed by atoms with E-state index in [-0.39, 0.29) is 5.92 Å². The number of amides is 1. The lowest BCUT2D eigenvalue weighted by atomic mass is 10.2. The molecule has 1 unspecified atom stereocenters. The largest absolute Gasteiger partial charge is 0.480 e. The van der Waals surface area contributed by atoms with Crippen LogP contribution >= 0.6 is 11.3 Å². The van der Waals surface area contributed by atoms with Crippen LogP contribution in [0.2, 0.25) is 0 Å². The third-order valence-corrected chi connectivity index (χ3v) is 3.65. The van der Waals surface area contributed by atoms with E-state index in [2.05, 4.69) is 10.3 Å². The fourth-order valence-corrected chi connectivity index (χ4v) is 2.38. The first-order chi connectivity index (χ1) is 7.99. The van der Waals surface area contributed by atoms with Gasteiger partial charge in [-0.15, -0.1) is 0 Å². The number of nitrogen functional groups attached to an aromatic ring is 1. The van der Waals surface area contributed by atoms with Crippen molar-refractivity contribution < 1.29 is 14.7 Å². The van der Waals surface area contributed by atoms with E-state index in [0.29, 0.717) is 15.7 Å². The molecule has 7 heteroatoms. The zero-order valence-corrected chi connectivity index (χ0v) is 10.1. The highest BCUT2D eigenvalue weighted by atomic mass is 32.1. The topological polar surface area (TPSA) is 105 Å². The first-order valence-electron chi connectivity index (χ1n) is 5.25. The Morgan fingerprint density at radius 2 is 2.24 bits per heavy atom. The molecular formula is C10H13N3O3S. The number of aliphatic carboxylic acids is 1. The Morgan fingerprint density at radius 1 is 1.59 bits per heavy atom. The van der Waals surface area contributed by atoms with Gasteiger partial charge in [0.25, 0.3) is 5.91 Å². The molecule has 1 saturated carbocycles. The van der Waals surface area contributed by atoms with Gasteiger partial charge in [-0.3, -0.25) is 4.79 Å². The third kappa shape index (κ3) is 2.55. The number of hydrogen-bond acceptors (Lipinski definition) is 5. The van der Waals surface area contributed by atoms with Gasteiger partial charge in [0.1, 0.15) is 10.9 Å². The average Bonchev–Trinajstić information content (AvgIpc) is 3.00. The zero-order chi connectivity index (χ0) is 12.6. The van der Waals surface area contributed by atoms with Crippen molar-refractivity contribution in [2.24, 2.45) is 5.92 Å². The lowest BCUT2D eigenvalue weighted by molar-refractivity contribution is -0.139. The van der Waals surface area contributed by atoms with Crippen LogP contribution in [-0.2, 0) is 4.79 Å². The minimum absolute atomic E-state index is 0.0574. The van der Waals surface area contributed by atoms with Crippen LogP contribution in [0.5, 0.6) is 0 Å². The first kappa shape index (κ1) is 11.8. The molecule has 0 saturated heterocycles. The van der Waals surface area contributed by atoms with E-state index in [1.807, 2.05) is 0 Å². The maximum atomic E-state index is 11.9. The molecule has 0 radical (unpaired) electrons. The molecule has 1 atom stereocenters. The highest BCUT2D eigenvalue weighted by Crippen LogP contribution is 2.33. The second-order valence-electron chi connectivity index (χ2n) is 4.09. The molecule has 6 nitrogen and oxygen atoms in total. The fourth-order valence-electron chi connectivity index (χ4n) is 1.65. The predicted molar refractivity (Wildman–Crippen MR) is 62.9 cm³/mol. The molecule has 1 aliphatic carbocycles. The van der Waals surface area contributed by atoms with Gasteiger partial charge in [-0.25, -0.2) is 9.78 Å². The number of thiazole rings is 1. The SMILES string of the molecule is Cc1nc(N)sc1C(=O)NC(C(=O)O)C1CC1. The summed E-state index contributed by atoms with van der Waals surface area (Å²) in [5.41, 5.74) is 6.02. The minimum Gasteiger partial charge on any atom is -0.480 e. The smallest absolute Gasteiger partial charge is 0.326 e. The maximum absolute atomic E-state index is 11.9. The molecule has 2 rings (SSSR count). The molecule has 0 spiro atoms. The molecule has 4 N–H and O–H groups in total. The Bertz CT molecular complexity index is 467. The predicted octanol–water partition coefficient (Wildman–Crippen LogP) is 0.627. The van der Waals surface area contributed by atoms with Crippen molar-refractivity contribution in [2.45, 2.75) is 25.8 Å². The van der Waals surface area contributed by atoms with Crippen LogP contribution in [0.3, 0.4) is 0 Å². The van der Waals surface area contributed by atoms with E-state index in [1.165, 1.54) is 0 Å². The van der Waals surface area contributed by atoms with Gasteiger partial charge in [0.15, 0.2) is 5.13 Å². The van der Waals surface area contributed by atoms with Crippen LogP contribution in [0.15, 0.2) is 0 Å². The molecule has 1 amide bonds. The quantitative estimate of drug-likeness (QED) is 0.731. The van der Waals surface area contributed by atoms with Crippen molar-refractivity contribution in [3.05, 3.63) is 10.6 Å². The lowest BCUT2D eigenvalue weighted by Crippen LogP contribution is -2.42. The zero-order valence-electron chi connectivity index (χ0n) is 9.27. The molecule has 0 aromatic carbocycles. The number of nitrogens with one attached hydrogen (secondary N) is 1. The molecule has 17 heavy (non-hydrogen) atoms. The fraction of sp³-hybridized carbons (Fsp3) is 0.500. The normalized spacial score (nSPS) is 16.5. The Labute approximate surface area is 102 Å². The summed E-state index contributed by atoms with van der Waals surface area (Å²) in [6.45, 7) is 1.68. The van der Waals surface area contributed by atoms with E-state index >= 15 is 0 Å². The van der Waals surface area contributed by atoms with Crippen molar-refractivity contribution >= 4 is 28.3 Å². The summed E-state index contributed by atoms with van der Waals surface area (Å²) in [7, 11) is 0. The lowest BCUT2D eigenvalue weighted by Gasteiger charge is -2.12. The highest BCUT2D eigenvalue weighted by molar-refractivity contribution is 7.17. The average molecular weight is 255 g/mol. The van der Waals surface area contributed by atoms with Gasteiger partial charge in [0.05, 0.1) is 5.69 Å². The van der Waals surface area contributed by atoms with Gasteiger partial charge >= 0.3 is 5.97 Å². The molecule has 1 heterocycles. The number of anilines is 1. The monoisotopic (exact) mass is 255 g/mol. The number of carbonyl (C=O) groups is 2. The summed E-state index contributed by atoms with van der Waals surface area (Å²) >= 11 is 1.07. The summed E-state index contributed by atoms with van der Waals surface area (Å²) in [6, 6.07) is -0.801. The number of hydrogen-bond donors (Lipinski definition) is 3. The van der Waals surface area contributed by atoms with Crippen LogP contribution < -0.4 is 11.1 Å². The van der Waals surface area contributed by atoms with Crippen molar-refractivity contribution in [1.29, 1.82) is 0 Å². The maximum Gasteiger partial charge on any atom is 0.326 e. The van der Waals surface area contributed by atoms with Crippen molar-refractivity contribution in [2.75, 3.05) is 5.73 Å². The van der Waals surface area contributed by atoms with Crippen LogP contribution in [0.4, 0.5) is 5.13 Å². The Hall–Kier alpha value is -1.63. The Balaban J connectivity index is 2.10. The van der Waals surface area contributed by atoms with Gasteiger partial charge in [-0.1, -0.05) is 11.3 Å². The standard InChI is InChI=1S/C10H13N3O3S/c1-4-7(17-10(11)12-4)8(14)13-6(9(15)16)5-2-3-5/h5-6H,2-3H2,1H3,(H2,11,12)(H,13,14)(H,15,16). The molecule has 0 bridgehead atoms. The van der Waals surface area contributed by atoms with Crippen LogP contribution in [0.1, 0.15) is 28.2 Å². The van der Waals surface area contributed by atoms with Crippen LogP contribution in [-0.4, -0.2) is 28.0 Å².